The number of para-hydroxylation sites is 2. The number of hydrogen-bond acceptors (Lipinski definition) is 5. The highest BCUT2D eigenvalue weighted by molar-refractivity contribution is 5.97. The Morgan fingerprint density at radius 2 is 1.61 bits per heavy atom. The van der Waals surface area contributed by atoms with Crippen LogP contribution >= 0.6 is 0 Å². The SMILES string of the molecule is CCN1CCN(c2c([N+](=O)[O-])c(=O)n(-c3ccccc3)c3ccccc23)CC1. The molecule has 0 aliphatic carbocycles. The van der Waals surface area contributed by atoms with Crippen LogP contribution in [0.5, 0.6) is 0 Å². The van der Waals surface area contributed by atoms with E-state index in [2.05, 4.69) is 11.8 Å². The van der Waals surface area contributed by atoms with Crippen LogP contribution in [0.15, 0.2) is 59.4 Å². The van der Waals surface area contributed by atoms with Crippen molar-refractivity contribution in [2.75, 3.05) is 37.6 Å². The van der Waals surface area contributed by atoms with Crippen LogP contribution in [0, 0.1) is 10.1 Å². The summed E-state index contributed by atoms with van der Waals surface area (Å²) in [6.45, 7) is 6.02. The van der Waals surface area contributed by atoms with E-state index in [1.165, 1.54) is 4.57 Å². The summed E-state index contributed by atoms with van der Waals surface area (Å²) in [5.74, 6) is 0. The number of nitrogens with zero attached hydrogens (tertiary/aromatic N) is 4. The molecule has 0 amide bonds. The van der Waals surface area contributed by atoms with Gasteiger partial charge in [0.05, 0.1) is 10.4 Å². The first kappa shape index (κ1) is 18.2. The van der Waals surface area contributed by atoms with Crippen LogP contribution in [0.2, 0.25) is 0 Å². The lowest BCUT2D eigenvalue weighted by atomic mass is 10.1. The normalized spacial score (nSPS) is 15.1. The van der Waals surface area contributed by atoms with Crippen molar-refractivity contribution in [2.45, 2.75) is 6.92 Å². The van der Waals surface area contributed by atoms with E-state index in [-0.39, 0.29) is 5.69 Å². The highest BCUT2D eigenvalue weighted by Gasteiger charge is 2.31. The van der Waals surface area contributed by atoms with Gasteiger partial charge in [-0.05, 0) is 24.7 Å². The summed E-state index contributed by atoms with van der Waals surface area (Å²) in [4.78, 5) is 29.0. The highest BCUT2D eigenvalue weighted by Crippen LogP contribution is 2.35. The van der Waals surface area contributed by atoms with Crippen molar-refractivity contribution in [3.63, 3.8) is 0 Å². The fraction of sp³-hybridized carbons (Fsp3) is 0.286. The summed E-state index contributed by atoms with van der Waals surface area (Å²) in [6.07, 6.45) is 0. The predicted octanol–water partition coefficient (Wildman–Crippen LogP) is 3.04. The second-order valence-corrected chi connectivity index (χ2v) is 6.87. The molecule has 7 heteroatoms. The van der Waals surface area contributed by atoms with E-state index >= 15 is 0 Å². The third kappa shape index (κ3) is 3.03. The van der Waals surface area contributed by atoms with Crippen LogP contribution in [-0.4, -0.2) is 47.1 Å². The lowest BCUT2D eigenvalue weighted by molar-refractivity contribution is -0.385. The molecule has 0 spiro atoms. The molecule has 0 radical (unpaired) electrons. The van der Waals surface area contributed by atoms with Gasteiger partial charge in [0.2, 0.25) is 0 Å². The number of anilines is 1. The van der Waals surface area contributed by atoms with Crippen molar-refractivity contribution in [3.8, 4) is 5.69 Å². The predicted molar refractivity (Wildman–Crippen MR) is 111 cm³/mol. The molecule has 1 saturated heterocycles. The highest BCUT2D eigenvalue weighted by atomic mass is 16.6. The van der Waals surface area contributed by atoms with Crippen molar-refractivity contribution in [3.05, 3.63) is 75.1 Å². The monoisotopic (exact) mass is 378 g/mol. The first-order chi connectivity index (χ1) is 13.6. The molecule has 0 N–H and O–H groups in total. The average molecular weight is 378 g/mol. The van der Waals surface area contributed by atoms with Crippen LogP contribution in [0.1, 0.15) is 6.92 Å². The Labute approximate surface area is 162 Å². The van der Waals surface area contributed by atoms with Gasteiger partial charge < -0.3 is 9.80 Å². The minimum Gasteiger partial charge on any atom is -0.363 e. The zero-order chi connectivity index (χ0) is 19.7. The maximum absolute atomic E-state index is 13.3. The van der Waals surface area contributed by atoms with Gasteiger partial charge in [0.25, 0.3) is 0 Å². The Hall–Kier alpha value is -3.19. The second-order valence-electron chi connectivity index (χ2n) is 6.87. The molecule has 0 saturated carbocycles. The number of benzene rings is 2. The summed E-state index contributed by atoms with van der Waals surface area (Å²) in [5.41, 5.74) is 0.787. The number of pyridine rings is 1. The lowest BCUT2D eigenvalue weighted by Crippen LogP contribution is -2.47. The molecule has 4 rings (SSSR count). The molecule has 1 aromatic heterocycles. The quantitative estimate of drug-likeness (QED) is 0.515. The molecule has 0 bridgehead atoms. The van der Waals surface area contributed by atoms with Crippen molar-refractivity contribution >= 4 is 22.3 Å². The molecule has 1 aliphatic rings. The molecular formula is C21H22N4O3. The van der Waals surface area contributed by atoms with Crippen LogP contribution in [0.25, 0.3) is 16.6 Å². The first-order valence-electron chi connectivity index (χ1n) is 9.46. The Bertz CT molecular complexity index is 1070. The number of rotatable bonds is 4. The number of likely N-dealkylation sites (N-methyl/N-ethyl adjacent to an activating group) is 1. The van der Waals surface area contributed by atoms with Crippen LogP contribution < -0.4 is 10.5 Å². The molecule has 0 atom stereocenters. The van der Waals surface area contributed by atoms with Crippen molar-refractivity contribution < 1.29 is 4.92 Å². The van der Waals surface area contributed by atoms with Crippen LogP contribution in [0.4, 0.5) is 11.4 Å². The average Bonchev–Trinajstić information content (AvgIpc) is 2.73. The van der Waals surface area contributed by atoms with Gasteiger partial charge in [0.15, 0.2) is 0 Å². The maximum Gasteiger partial charge on any atom is 0.358 e. The smallest absolute Gasteiger partial charge is 0.358 e. The van der Waals surface area contributed by atoms with Gasteiger partial charge in [-0.25, -0.2) is 0 Å². The van der Waals surface area contributed by atoms with E-state index in [9.17, 15) is 14.9 Å². The van der Waals surface area contributed by atoms with E-state index in [0.717, 1.165) is 25.0 Å². The van der Waals surface area contributed by atoms with Crippen molar-refractivity contribution in [1.29, 1.82) is 0 Å². The van der Waals surface area contributed by atoms with Crippen LogP contribution in [0.3, 0.4) is 0 Å². The Morgan fingerprint density at radius 1 is 0.964 bits per heavy atom. The molecule has 2 heterocycles. The van der Waals surface area contributed by atoms with E-state index in [1.807, 2.05) is 47.4 Å². The minimum absolute atomic E-state index is 0.354. The second kappa shape index (κ2) is 7.44. The molecule has 144 valence electrons. The van der Waals surface area contributed by atoms with Gasteiger partial charge in [0.1, 0.15) is 5.69 Å². The fourth-order valence-electron chi connectivity index (χ4n) is 3.92. The van der Waals surface area contributed by atoms with Gasteiger partial charge >= 0.3 is 11.2 Å². The molecule has 28 heavy (non-hydrogen) atoms. The van der Waals surface area contributed by atoms with Gasteiger partial charge in [0, 0.05) is 37.3 Å². The van der Waals surface area contributed by atoms with Gasteiger partial charge in [-0.2, -0.15) is 0 Å². The number of fused-ring (bicyclic) bond motifs is 1. The summed E-state index contributed by atoms with van der Waals surface area (Å²) in [7, 11) is 0. The number of aromatic nitrogens is 1. The lowest BCUT2D eigenvalue weighted by Gasteiger charge is -2.35. The molecule has 2 aromatic carbocycles. The third-order valence-electron chi connectivity index (χ3n) is 5.36. The molecule has 7 nitrogen and oxygen atoms in total. The van der Waals surface area contributed by atoms with Gasteiger partial charge in [-0.3, -0.25) is 19.5 Å². The fourth-order valence-corrected chi connectivity index (χ4v) is 3.92. The molecule has 3 aromatic rings. The largest absolute Gasteiger partial charge is 0.363 e. The zero-order valence-electron chi connectivity index (χ0n) is 15.7. The van der Waals surface area contributed by atoms with E-state index < -0.39 is 10.5 Å². The van der Waals surface area contributed by atoms with Crippen molar-refractivity contribution in [2.24, 2.45) is 0 Å². The molecule has 1 aliphatic heterocycles. The summed E-state index contributed by atoms with van der Waals surface area (Å²) < 4.78 is 1.44. The van der Waals surface area contributed by atoms with E-state index in [4.69, 9.17) is 0 Å². The maximum atomic E-state index is 13.3. The molecule has 1 fully saturated rings. The Kier molecular flexibility index (Phi) is 4.83. The molecular weight excluding hydrogens is 356 g/mol. The van der Waals surface area contributed by atoms with Gasteiger partial charge in [-0.1, -0.05) is 43.3 Å². The minimum atomic E-state index is -0.595. The molecule has 0 unspecified atom stereocenters. The summed E-state index contributed by atoms with van der Waals surface area (Å²) >= 11 is 0. The standard InChI is InChI=1S/C21H22N4O3/c1-2-22-12-14-23(15-13-22)19-17-10-6-7-11-18(17)24(16-8-4-3-5-9-16)21(26)20(19)25(27)28/h3-11H,2,12-15H2,1H3. The number of piperazine rings is 1. The third-order valence-corrected chi connectivity index (χ3v) is 5.36. The Morgan fingerprint density at radius 3 is 2.25 bits per heavy atom. The Balaban J connectivity index is 2.00. The topological polar surface area (TPSA) is 71.6 Å². The summed E-state index contributed by atoms with van der Waals surface area (Å²) in [5, 5.41) is 12.7. The van der Waals surface area contributed by atoms with Crippen LogP contribution in [-0.2, 0) is 0 Å². The number of hydrogen-bond donors (Lipinski definition) is 0. The van der Waals surface area contributed by atoms with Crippen molar-refractivity contribution in [1.82, 2.24) is 9.47 Å². The zero-order valence-corrected chi connectivity index (χ0v) is 15.7. The van der Waals surface area contributed by atoms with Gasteiger partial charge in [-0.15, -0.1) is 0 Å². The summed E-state index contributed by atoms with van der Waals surface area (Å²) in [6, 6.07) is 16.5. The number of nitro groups is 1. The first-order valence-corrected chi connectivity index (χ1v) is 9.46. The van der Waals surface area contributed by atoms with E-state index in [0.29, 0.717) is 30.0 Å². The van der Waals surface area contributed by atoms with E-state index in [1.54, 1.807) is 12.1 Å².